The van der Waals surface area contributed by atoms with Gasteiger partial charge in [-0.3, -0.25) is 4.79 Å². The predicted octanol–water partition coefficient (Wildman–Crippen LogP) is 1.57. The normalized spacial score (nSPS) is 11.2. The van der Waals surface area contributed by atoms with Gasteiger partial charge in [-0.25, -0.2) is 0 Å². The van der Waals surface area contributed by atoms with Gasteiger partial charge in [-0.05, 0) is 5.56 Å². The average Bonchev–Trinajstić information content (AvgIpc) is 2.55. The number of hydrogen-bond donors (Lipinski definition) is 3. The fourth-order valence-electron chi connectivity index (χ4n) is 1.50. The van der Waals surface area contributed by atoms with Gasteiger partial charge in [0.2, 0.25) is 0 Å². The van der Waals surface area contributed by atoms with Crippen LogP contribution in [0.15, 0.2) is 60.7 Å². The Labute approximate surface area is 117 Å². The fraction of sp³-hybridized carbons (Fsp3) is 0.188. The molecule has 0 bridgehead atoms. The topological polar surface area (TPSA) is 77.8 Å². The second-order valence-electron chi connectivity index (χ2n) is 4.06. The van der Waals surface area contributed by atoms with Crippen LogP contribution in [0.3, 0.4) is 0 Å². The van der Waals surface area contributed by atoms with Gasteiger partial charge in [-0.1, -0.05) is 60.7 Å². The minimum Gasteiger partial charge on any atom is -0.393 e. The molecule has 0 aliphatic carbocycles. The van der Waals surface area contributed by atoms with E-state index in [1.807, 2.05) is 24.3 Å². The number of benzene rings is 2. The number of hydrogen-bond acceptors (Lipinski definition) is 4. The zero-order valence-corrected chi connectivity index (χ0v) is 11.0. The zero-order valence-electron chi connectivity index (χ0n) is 11.0. The first-order valence-corrected chi connectivity index (χ1v) is 6.22. The summed E-state index contributed by atoms with van der Waals surface area (Å²) in [6.45, 7) is -0.631. The third-order valence-electron chi connectivity index (χ3n) is 2.60. The molecule has 0 saturated carbocycles. The molecule has 0 saturated heterocycles. The molecule has 1 atom stereocenters. The van der Waals surface area contributed by atoms with Crippen LogP contribution in [0.4, 0.5) is 0 Å². The monoisotopic (exact) mass is 274 g/mol. The molecule has 4 nitrogen and oxygen atoms in total. The summed E-state index contributed by atoms with van der Waals surface area (Å²) in [7, 11) is 0. The van der Waals surface area contributed by atoms with Crippen molar-refractivity contribution in [1.82, 2.24) is 0 Å². The number of carbonyl (C=O) groups excluding carboxylic acids is 1. The van der Waals surface area contributed by atoms with E-state index in [0.717, 1.165) is 5.56 Å². The molecule has 106 valence electrons. The van der Waals surface area contributed by atoms with Gasteiger partial charge in [0.15, 0.2) is 5.78 Å². The Bertz CT molecular complexity index is 496. The second-order valence-corrected chi connectivity index (χ2v) is 4.06. The maximum atomic E-state index is 10.8. The number of aliphatic hydroxyl groups excluding tert-OH is 3. The van der Waals surface area contributed by atoms with Crippen LogP contribution in [-0.2, 0) is 0 Å². The Morgan fingerprint density at radius 1 is 0.900 bits per heavy atom. The Kier molecular flexibility index (Phi) is 7.21. The number of rotatable bonds is 4. The van der Waals surface area contributed by atoms with Crippen LogP contribution in [0.25, 0.3) is 0 Å². The van der Waals surface area contributed by atoms with Gasteiger partial charge >= 0.3 is 0 Å². The van der Waals surface area contributed by atoms with Crippen LogP contribution in [0, 0.1) is 0 Å². The standard InChI is InChI=1S/C8H10O2.C8H8O2/c2*9-6-8(10)7-4-2-1-3-5-7/h1-5,8-10H,6H2;1-5,9H,6H2/t8-;/m1./s1. The van der Waals surface area contributed by atoms with Gasteiger partial charge in [0.05, 0.1) is 6.61 Å². The van der Waals surface area contributed by atoms with E-state index in [-0.39, 0.29) is 12.4 Å². The zero-order chi connectivity index (χ0) is 14.8. The van der Waals surface area contributed by atoms with E-state index in [1.54, 1.807) is 36.4 Å². The van der Waals surface area contributed by atoms with Gasteiger partial charge in [0.1, 0.15) is 12.7 Å². The minimum absolute atomic E-state index is 0.218. The van der Waals surface area contributed by atoms with Crippen molar-refractivity contribution in [3.63, 3.8) is 0 Å². The molecular weight excluding hydrogens is 256 g/mol. The van der Waals surface area contributed by atoms with Crippen molar-refractivity contribution in [2.24, 2.45) is 0 Å². The highest BCUT2D eigenvalue weighted by Gasteiger charge is 2.02. The van der Waals surface area contributed by atoms with Crippen molar-refractivity contribution in [3.05, 3.63) is 71.8 Å². The van der Waals surface area contributed by atoms with E-state index in [1.165, 1.54) is 0 Å². The van der Waals surface area contributed by atoms with Crippen LogP contribution >= 0.6 is 0 Å². The maximum absolute atomic E-state index is 10.8. The third-order valence-corrected chi connectivity index (χ3v) is 2.60. The van der Waals surface area contributed by atoms with Gasteiger partial charge in [-0.15, -0.1) is 0 Å². The van der Waals surface area contributed by atoms with E-state index in [0.29, 0.717) is 5.56 Å². The Balaban J connectivity index is 0.000000200. The van der Waals surface area contributed by atoms with Crippen LogP contribution in [0.2, 0.25) is 0 Å². The highest BCUT2D eigenvalue weighted by molar-refractivity contribution is 5.96. The van der Waals surface area contributed by atoms with Crippen molar-refractivity contribution in [3.8, 4) is 0 Å². The highest BCUT2D eigenvalue weighted by atomic mass is 16.3. The SMILES string of the molecule is O=C(CO)c1ccccc1.OC[C@@H](O)c1ccccc1. The minimum atomic E-state index is -0.735. The summed E-state index contributed by atoms with van der Waals surface area (Å²) < 4.78 is 0. The lowest BCUT2D eigenvalue weighted by molar-refractivity contribution is 0.0903. The number of carbonyl (C=O) groups is 1. The Morgan fingerprint density at radius 2 is 1.40 bits per heavy atom. The molecule has 0 aliphatic heterocycles. The smallest absolute Gasteiger partial charge is 0.188 e. The molecule has 0 amide bonds. The van der Waals surface area contributed by atoms with Crippen molar-refractivity contribution in [2.75, 3.05) is 13.2 Å². The first-order chi connectivity index (χ1) is 9.69. The molecule has 0 aromatic heterocycles. The Hall–Kier alpha value is -2.01. The van der Waals surface area contributed by atoms with Crippen molar-refractivity contribution in [1.29, 1.82) is 0 Å². The summed E-state index contributed by atoms with van der Waals surface area (Å²) in [5.74, 6) is -0.236. The molecule has 0 spiro atoms. The second kappa shape index (κ2) is 8.98. The fourth-order valence-corrected chi connectivity index (χ4v) is 1.50. The molecule has 20 heavy (non-hydrogen) atoms. The molecule has 0 fully saturated rings. The molecular formula is C16H18O4. The number of Topliss-reactive ketones (excluding diaryl/α,β-unsaturated/α-hetero) is 1. The largest absolute Gasteiger partial charge is 0.393 e. The summed E-state index contributed by atoms with van der Waals surface area (Å²) in [6, 6.07) is 17.8. The van der Waals surface area contributed by atoms with Gasteiger partial charge in [-0.2, -0.15) is 0 Å². The molecule has 2 rings (SSSR count). The molecule has 4 heteroatoms. The lowest BCUT2D eigenvalue weighted by Crippen LogP contribution is -2.02. The first kappa shape index (κ1) is 16.0. The number of ketones is 1. The van der Waals surface area contributed by atoms with Gasteiger partial charge in [0.25, 0.3) is 0 Å². The van der Waals surface area contributed by atoms with Crippen LogP contribution in [0.1, 0.15) is 22.0 Å². The van der Waals surface area contributed by atoms with E-state index in [9.17, 15) is 4.79 Å². The molecule has 2 aromatic carbocycles. The highest BCUT2D eigenvalue weighted by Crippen LogP contribution is 2.09. The maximum Gasteiger partial charge on any atom is 0.188 e. The molecule has 0 aliphatic rings. The lowest BCUT2D eigenvalue weighted by atomic mass is 10.1. The first-order valence-electron chi connectivity index (χ1n) is 6.22. The molecule has 3 N–H and O–H groups in total. The summed E-state index contributed by atoms with van der Waals surface area (Å²) >= 11 is 0. The predicted molar refractivity (Wildman–Crippen MR) is 76.3 cm³/mol. The number of aliphatic hydroxyl groups is 3. The van der Waals surface area contributed by atoms with E-state index >= 15 is 0 Å². The van der Waals surface area contributed by atoms with Crippen molar-refractivity contribution < 1.29 is 20.1 Å². The van der Waals surface area contributed by atoms with Crippen molar-refractivity contribution >= 4 is 5.78 Å². The van der Waals surface area contributed by atoms with Gasteiger partial charge < -0.3 is 15.3 Å². The van der Waals surface area contributed by atoms with Crippen LogP contribution in [-0.4, -0.2) is 34.3 Å². The summed E-state index contributed by atoms with van der Waals surface area (Å²) in [5.41, 5.74) is 1.31. The average molecular weight is 274 g/mol. The van der Waals surface area contributed by atoms with Gasteiger partial charge in [0, 0.05) is 5.56 Å². The molecule has 0 radical (unpaired) electrons. The lowest BCUT2D eigenvalue weighted by Gasteiger charge is -2.05. The quantitative estimate of drug-likeness (QED) is 0.740. The summed E-state index contributed by atoms with van der Waals surface area (Å²) in [6.07, 6.45) is -0.735. The molecule has 0 unspecified atom stereocenters. The van der Waals surface area contributed by atoms with E-state index < -0.39 is 12.7 Å². The summed E-state index contributed by atoms with van der Waals surface area (Å²) in [4.78, 5) is 10.8. The Morgan fingerprint density at radius 3 is 1.85 bits per heavy atom. The van der Waals surface area contributed by atoms with Crippen LogP contribution in [0.5, 0.6) is 0 Å². The van der Waals surface area contributed by atoms with Crippen molar-refractivity contribution in [2.45, 2.75) is 6.10 Å². The third kappa shape index (κ3) is 5.32. The summed E-state index contributed by atoms with van der Waals surface area (Å²) in [5, 5.41) is 26.1. The molecule has 0 heterocycles. The van der Waals surface area contributed by atoms with E-state index in [4.69, 9.17) is 15.3 Å². The molecule has 2 aromatic rings. The van der Waals surface area contributed by atoms with Crippen LogP contribution < -0.4 is 0 Å². The van der Waals surface area contributed by atoms with E-state index in [2.05, 4.69) is 0 Å².